The van der Waals surface area contributed by atoms with Crippen LogP contribution in [-0.2, 0) is 5.75 Å². The Balaban J connectivity index is 1.58. The van der Waals surface area contributed by atoms with Crippen LogP contribution in [0.5, 0.6) is 0 Å². The minimum atomic E-state index is -0.0967. The van der Waals surface area contributed by atoms with Gasteiger partial charge in [0, 0.05) is 23.2 Å². The van der Waals surface area contributed by atoms with E-state index < -0.39 is 0 Å². The van der Waals surface area contributed by atoms with Crippen LogP contribution in [0.2, 0.25) is 0 Å². The van der Waals surface area contributed by atoms with Gasteiger partial charge in [-0.2, -0.15) is 0 Å². The van der Waals surface area contributed by atoms with Crippen molar-refractivity contribution >= 4 is 23.4 Å². The zero-order valence-corrected chi connectivity index (χ0v) is 14.2. The van der Waals surface area contributed by atoms with E-state index in [0.29, 0.717) is 5.56 Å². The molecule has 0 atom stereocenters. The molecule has 0 aliphatic carbocycles. The molecule has 0 radical (unpaired) electrons. The summed E-state index contributed by atoms with van der Waals surface area (Å²) >= 11 is 1.69. The van der Waals surface area contributed by atoms with Gasteiger partial charge in [-0.3, -0.25) is 4.79 Å². The van der Waals surface area contributed by atoms with Crippen LogP contribution in [0.15, 0.2) is 78.0 Å². The van der Waals surface area contributed by atoms with Gasteiger partial charge < -0.3 is 5.32 Å². The van der Waals surface area contributed by atoms with E-state index in [1.165, 1.54) is 5.56 Å². The van der Waals surface area contributed by atoms with E-state index in [1.54, 1.807) is 11.8 Å². The van der Waals surface area contributed by atoms with Crippen molar-refractivity contribution in [2.24, 2.45) is 0 Å². The molecule has 0 aliphatic heterocycles. The molecular formula is C20H18N2OS. The maximum Gasteiger partial charge on any atom is 0.255 e. The molecule has 0 unspecified atom stereocenters. The van der Waals surface area contributed by atoms with Crippen LogP contribution in [0.1, 0.15) is 21.5 Å². The lowest BCUT2D eigenvalue weighted by molar-refractivity contribution is 0.102. The molecule has 0 bridgehead atoms. The third kappa shape index (κ3) is 4.46. The fourth-order valence-electron chi connectivity index (χ4n) is 2.17. The lowest BCUT2D eigenvalue weighted by Gasteiger charge is -2.06. The number of hydrogen-bond acceptors (Lipinski definition) is 3. The third-order valence-electron chi connectivity index (χ3n) is 3.52. The van der Waals surface area contributed by atoms with Gasteiger partial charge in [0.1, 0.15) is 0 Å². The van der Waals surface area contributed by atoms with Crippen LogP contribution < -0.4 is 5.32 Å². The van der Waals surface area contributed by atoms with Crippen molar-refractivity contribution in [3.05, 3.63) is 89.6 Å². The lowest BCUT2D eigenvalue weighted by Crippen LogP contribution is -2.11. The average molecular weight is 334 g/mol. The van der Waals surface area contributed by atoms with Gasteiger partial charge in [0.15, 0.2) is 0 Å². The summed E-state index contributed by atoms with van der Waals surface area (Å²) in [6, 6.07) is 21.2. The summed E-state index contributed by atoms with van der Waals surface area (Å²) in [6.45, 7) is 2.03. The number of pyridine rings is 1. The standard InChI is InChI=1S/C20H18N2OS/c1-15-7-12-19(21-13-15)24-14-16-8-10-17(11-9-16)20(23)22-18-5-3-2-4-6-18/h2-13H,14H2,1H3,(H,22,23). The second-order valence-corrected chi connectivity index (χ2v) is 6.48. The third-order valence-corrected chi connectivity index (χ3v) is 4.53. The van der Waals surface area contributed by atoms with Gasteiger partial charge in [-0.1, -0.05) is 36.4 Å². The summed E-state index contributed by atoms with van der Waals surface area (Å²) in [5.41, 5.74) is 3.78. The largest absolute Gasteiger partial charge is 0.322 e. The molecule has 0 saturated heterocycles. The predicted molar refractivity (Wildman–Crippen MR) is 99.4 cm³/mol. The molecule has 2 aromatic carbocycles. The second kappa shape index (κ2) is 7.79. The highest BCUT2D eigenvalue weighted by atomic mass is 32.2. The van der Waals surface area contributed by atoms with E-state index in [4.69, 9.17) is 0 Å². The van der Waals surface area contributed by atoms with Crippen LogP contribution in [0.25, 0.3) is 0 Å². The van der Waals surface area contributed by atoms with Crippen LogP contribution in [0.3, 0.4) is 0 Å². The van der Waals surface area contributed by atoms with Crippen LogP contribution in [0.4, 0.5) is 5.69 Å². The van der Waals surface area contributed by atoms with Gasteiger partial charge in [0.25, 0.3) is 5.91 Å². The van der Waals surface area contributed by atoms with Gasteiger partial charge in [-0.15, -0.1) is 11.8 Å². The Kier molecular flexibility index (Phi) is 5.29. The first-order valence-corrected chi connectivity index (χ1v) is 8.70. The van der Waals surface area contributed by atoms with E-state index in [-0.39, 0.29) is 5.91 Å². The van der Waals surface area contributed by atoms with Gasteiger partial charge in [-0.25, -0.2) is 4.98 Å². The SMILES string of the molecule is Cc1ccc(SCc2ccc(C(=O)Nc3ccccc3)cc2)nc1. The molecule has 4 heteroatoms. The van der Waals surface area contributed by atoms with Gasteiger partial charge in [-0.05, 0) is 48.4 Å². The van der Waals surface area contributed by atoms with E-state index in [0.717, 1.165) is 22.0 Å². The molecule has 3 aromatic rings. The number of thioether (sulfide) groups is 1. The topological polar surface area (TPSA) is 42.0 Å². The first kappa shape index (κ1) is 16.3. The maximum atomic E-state index is 12.2. The van der Waals surface area contributed by atoms with E-state index in [1.807, 2.05) is 73.8 Å². The predicted octanol–water partition coefficient (Wildman–Crippen LogP) is 4.93. The number of amides is 1. The first-order valence-electron chi connectivity index (χ1n) is 7.71. The number of anilines is 1. The van der Waals surface area contributed by atoms with E-state index in [9.17, 15) is 4.79 Å². The zero-order chi connectivity index (χ0) is 16.8. The molecule has 1 amide bonds. The van der Waals surface area contributed by atoms with Gasteiger partial charge >= 0.3 is 0 Å². The molecule has 3 nitrogen and oxygen atoms in total. The van der Waals surface area contributed by atoms with Crippen molar-refractivity contribution in [1.82, 2.24) is 4.98 Å². The number of benzene rings is 2. The number of nitrogens with one attached hydrogen (secondary N) is 1. The maximum absolute atomic E-state index is 12.2. The Morgan fingerprint density at radius 2 is 1.75 bits per heavy atom. The number of hydrogen-bond donors (Lipinski definition) is 1. The van der Waals surface area contributed by atoms with Crippen molar-refractivity contribution < 1.29 is 4.79 Å². The summed E-state index contributed by atoms with van der Waals surface area (Å²) in [7, 11) is 0. The molecular weight excluding hydrogens is 316 g/mol. The summed E-state index contributed by atoms with van der Waals surface area (Å²) in [5, 5.41) is 3.89. The molecule has 3 rings (SSSR count). The zero-order valence-electron chi connectivity index (χ0n) is 13.4. The van der Waals surface area contributed by atoms with Crippen molar-refractivity contribution in [2.75, 3.05) is 5.32 Å². The molecule has 24 heavy (non-hydrogen) atoms. The number of rotatable bonds is 5. The molecule has 120 valence electrons. The lowest BCUT2D eigenvalue weighted by atomic mass is 10.1. The summed E-state index contributed by atoms with van der Waals surface area (Å²) < 4.78 is 0. The fourth-order valence-corrected chi connectivity index (χ4v) is 2.97. The number of nitrogens with zero attached hydrogens (tertiary/aromatic N) is 1. The highest BCUT2D eigenvalue weighted by Crippen LogP contribution is 2.21. The molecule has 1 N–H and O–H groups in total. The van der Waals surface area contributed by atoms with Crippen molar-refractivity contribution in [2.45, 2.75) is 17.7 Å². The molecule has 0 spiro atoms. The van der Waals surface area contributed by atoms with Crippen molar-refractivity contribution in [1.29, 1.82) is 0 Å². The summed E-state index contributed by atoms with van der Waals surface area (Å²) in [6.07, 6.45) is 1.87. The Bertz CT molecular complexity index is 799. The molecule has 0 aliphatic rings. The van der Waals surface area contributed by atoms with Crippen molar-refractivity contribution in [3.8, 4) is 0 Å². The Morgan fingerprint density at radius 3 is 2.42 bits per heavy atom. The first-order chi connectivity index (χ1) is 11.7. The minimum Gasteiger partial charge on any atom is -0.322 e. The monoisotopic (exact) mass is 334 g/mol. The number of aryl methyl sites for hydroxylation is 1. The van der Waals surface area contributed by atoms with Crippen LogP contribution in [-0.4, -0.2) is 10.9 Å². The quantitative estimate of drug-likeness (QED) is 0.672. The summed E-state index contributed by atoms with van der Waals surface area (Å²) in [4.78, 5) is 16.6. The highest BCUT2D eigenvalue weighted by Gasteiger charge is 2.06. The smallest absolute Gasteiger partial charge is 0.255 e. The minimum absolute atomic E-state index is 0.0967. The molecule has 0 fully saturated rings. The van der Waals surface area contributed by atoms with E-state index in [2.05, 4.69) is 16.4 Å². The van der Waals surface area contributed by atoms with E-state index >= 15 is 0 Å². The fraction of sp³-hybridized carbons (Fsp3) is 0.100. The average Bonchev–Trinajstić information content (AvgIpc) is 2.62. The molecule has 0 saturated carbocycles. The number of carbonyl (C=O) groups is 1. The van der Waals surface area contributed by atoms with Gasteiger partial charge in [0.2, 0.25) is 0 Å². The Morgan fingerprint density at radius 1 is 1.00 bits per heavy atom. The summed E-state index contributed by atoms with van der Waals surface area (Å²) in [5.74, 6) is 0.733. The normalized spacial score (nSPS) is 10.4. The molecule has 1 aromatic heterocycles. The van der Waals surface area contributed by atoms with Gasteiger partial charge in [0.05, 0.1) is 5.03 Å². The second-order valence-electron chi connectivity index (χ2n) is 5.48. The number of carbonyl (C=O) groups excluding carboxylic acids is 1. The highest BCUT2D eigenvalue weighted by molar-refractivity contribution is 7.98. The van der Waals surface area contributed by atoms with Crippen molar-refractivity contribution in [3.63, 3.8) is 0 Å². The van der Waals surface area contributed by atoms with Crippen LogP contribution in [0, 0.1) is 6.92 Å². The number of para-hydroxylation sites is 1. The Hall–Kier alpha value is -2.59. The Labute approximate surface area is 146 Å². The van der Waals surface area contributed by atoms with Crippen LogP contribution >= 0.6 is 11.8 Å². The number of aromatic nitrogens is 1. The molecule has 1 heterocycles.